The van der Waals surface area contributed by atoms with E-state index in [9.17, 15) is 14.4 Å². The molecule has 0 saturated carbocycles. The second kappa shape index (κ2) is 11.1. The van der Waals surface area contributed by atoms with Crippen LogP contribution in [0.1, 0.15) is 74.1 Å². The van der Waals surface area contributed by atoms with Crippen molar-refractivity contribution in [3.63, 3.8) is 0 Å². The van der Waals surface area contributed by atoms with Crippen molar-refractivity contribution in [1.29, 1.82) is 0 Å². The van der Waals surface area contributed by atoms with E-state index in [1.807, 2.05) is 30.3 Å². The van der Waals surface area contributed by atoms with Gasteiger partial charge in [0.2, 0.25) is 0 Å². The maximum atomic E-state index is 13.4. The smallest absolute Gasteiger partial charge is 0.408 e. The zero-order chi connectivity index (χ0) is 26.6. The number of amides is 1. The molecule has 194 valence electrons. The fourth-order valence-corrected chi connectivity index (χ4v) is 4.88. The molecule has 0 fully saturated rings. The van der Waals surface area contributed by atoms with Crippen molar-refractivity contribution in [1.82, 2.24) is 15.3 Å². The van der Waals surface area contributed by atoms with Crippen LogP contribution >= 0.6 is 0 Å². The third-order valence-electron chi connectivity index (χ3n) is 6.63. The number of Topliss-reactive ketones (excluding diaryl/α,β-unsaturated/α-hetero) is 2. The average Bonchev–Trinajstić information content (AvgIpc) is 3.21. The Balaban J connectivity index is 1.48. The van der Waals surface area contributed by atoms with Gasteiger partial charge in [-0.05, 0) is 69.7 Å². The first-order valence-corrected chi connectivity index (χ1v) is 12.8. The van der Waals surface area contributed by atoms with E-state index in [1.54, 1.807) is 40.1 Å². The lowest BCUT2D eigenvalue weighted by Crippen LogP contribution is -2.41. The highest BCUT2D eigenvalue weighted by Gasteiger charge is 2.32. The molecule has 2 heterocycles. The van der Waals surface area contributed by atoms with Gasteiger partial charge < -0.3 is 15.0 Å². The van der Waals surface area contributed by atoms with Crippen LogP contribution in [0.3, 0.4) is 0 Å². The molecule has 1 aromatic carbocycles. The van der Waals surface area contributed by atoms with E-state index >= 15 is 0 Å². The molecule has 7 heteroatoms. The molecule has 1 amide bonds. The van der Waals surface area contributed by atoms with Crippen LogP contribution in [0.25, 0.3) is 11.3 Å². The molecule has 1 aliphatic carbocycles. The third-order valence-corrected chi connectivity index (χ3v) is 6.63. The molecule has 0 saturated heterocycles. The number of rotatable bonds is 8. The molecule has 2 atom stereocenters. The summed E-state index contributed by atoms with van der Waals surface area (Å²) in [5, 5.41) is 2.61. The number of pyridine rings is 1. The molecule has 2 aromatic heterocycles. The summed E-state index contributed by atoms with van der Waals surface area (Å²) in [4.78, 5) is 45.8. The van der Waals surface area contributed by atoms with Crippen molar-refractivity contribution in [3.05, 3.63) is 77.2 Å². The number of fused-ring (bicyclic) bond motifs is 1. The highest BCUT2D eigenvalue weighted by molar-refractivity contribution is 6.02. The monoisotopic (exact) mass is 501 g/mol. The lowest BCUT2D eigenvalue weighted by atomic mass is 9.81. The Bertz CT molecular complexity index is 1260. The van der Waals surface area contributed by atoms with Crippen LogP contribution in [0.5, 0.6) is 0 Å². The number of benzene rings is 1. The fourth-order valence-electron chi connectivity index (χ4n) is 4.88. The molecule has 0 radical (unpaired) electrons. The van der Waals surface area contributed by atoms with Crippen molar-refractivity contribution >= 4 is 17.7 Å². The summed E-state index contributed by atoms with van der Waals surface area (Å²) in [6.45, 7) is 7.00. The minimum absolute atomic E-state index is 0.0613. The number of aromatic amines is 1. The first kappa shape index (κ1) is 26.3. The number of ether oxygens (including phenoxy) is 1. The van der Waals surface area contributed by atoms with Gasteiger partial charge in [-0.25, -0.2) is 4.79 Å². The van der Waals surface area contributed by atoms with Gasteiger partial charge in [0.05, 0.1) is 11.7 Å². The molecule has 1 unspecified atom stereocenters. The van der Waals surface area contributed by atoms with E-state index in [2.05, 4.69) is 27.4 Å². The summed E-state index contributed by atoms with van der Waals surface area (Å²) >= 11 is 0. The maximum Gasteiger partial charge on any atom is 0.408 e. The van der Waals surface area contributed by atoms with Gasteiger partial charge in [0.1, 0.15) is 5.60 Å². The van der Waals surface area contributed by atoms with E-state index < -0.39 is 17.7 Å². The van der Waals surface area contributed by atoms with Crippen molar-refractivity contribution in [3.8, 4) is 11.3 Å². The van der Waals surface area contributed by atoms with Crippen LogP contribution < -0.4 is 5.32 Å². The number of aromatic nitrogens is 2. The van der Waals surface area contributed by atoms with Gasteiger partial charge in [-0.15, -0.1) is 0 Å². The number of nitrogens with zero attached hydrogens (tertiary/aromatic N) is 1. The molecule has 4 rings (SSSR count). The predicted molar refractivity (Wildman–Crippen MR) is 142 cm³/mol. The summed E-state index contributed by atoms with van der Waals surface area (Å²) in [5.74, 6) is 0.102. The molecule has 0 bridgehead atoms. The number of alkyl carbamates (subject to hydrolysis) is 1. The minimum Gasteiger partial charge on any atom is -0.444 e. The van der Waals surface area contributed by atoms with E-state index in [-0.39, 0.29) is 17.5 Å². The van der Waals surface area contributed by atoms with E-state index in [1.165, 1.54) is 0 Å². The standard InChI is InChI=1S/C30H35N3O4/c1-19(32-29(36)37-30(2,3)4)25(34)11-10-21-17-24-27(26(35)18-21)23(16-20-8-6-5-7-9-20)28(33-24)22-12-14-31-15-13-22/h5-9,12-15,19,21,33H,10-11,16-18H2,1-4H3,(H,32,36)/t19-,21?/m0/s1. The summed E-state index contributed by atoms with van der Waals surface area (Å²) < 4.78 is 5.24. The highest BCUT2D eigenvalue weighted by Crippen LogP contribution is 2.37. The summed E-state index contributed by atoms with van der Waals surface area (Å²) in [6, 6.07) is 13.4. The molecular formula is C30H35N3O4. The Morgan fingerprint density at radius 2 is 1.81 bits per heavy atom. The zero-order valence-corrected chi connectivity index (χ0v) is 22.0. The van der Waals surface area contributed by atoms with E-state index in [0.29, 0.717) is 32.1 Å². The van der Waals surface area contributed by atoms with Crippen LogP contribution in [0, 0.1) is 5.92 Å². The normalized spacial score (nSPS) is 16.1. The van der Waals surface area contributed by atoms with Gasteiger partial charge >= 0.3 is 6.09 Å². The quantitative estimate of drug-likeness (QED) is 0.414. The topological polar surface area (TPSA) is 101 Å². The Morgan fingerprint density at radius 3 is 2.49 bits per heavy atom. The van der Waals surface area contributed by atoms with Crippen LogP contribution in [-0.2, 0) is 22.4 Å². The number of H-pyrrole nitrogens is 1. The molecule has 1 aliphatic rings. The summed E-state index contributed by atoms with van der Waals surface area (Å²) in [5.41, 5.74) is 5.21. The molecule has 0 aliphatic heterocycles. The van der Waals surface area contributed by atoms with Gasteiger partial charge in [0.25, 0.3) is 0 Å². The minimum atomic E-state index is -0.647. The van der Waals surface area contributed by atoms with E-state index in [0.717, 1.165) is 33.6 Å². The first-order valence-electron chi connectivity index (χ1n) is 12.8. The first-order chi connectivity index (χ1) is 17.6. The number of nitrogens with one attached hydrogen (secondary N) is 2. The predicted octanol–water partition coefficient (Wildman–Crippen LogP) is 5.68. The molecule has 37 heavy (non-hydrogen) atoms. The largest absolute Gasteiger partial charge is 0.444 e. The van der Waals surface area contributed by atoms with Crippen molar-refractivity contribution in [2.24, 2.45) is 5.92 Å². The Morgan fingerprint density at radius 1 is 1.11 bits per heavy atom. The molecule has 7 nitrogen and oxygen atoms in total. The van der Waals surface area contributed by atoms with Gasteiger partial charge in [0, 0.05) is 48.5 Å². The maximum absolute atomic E-state index is 13.4. The van der Waals surface area contributed by atoms with Crippen LogP contribution in [0.4, 0.5) is 4.79 Å². The highest BCUT2D eigenvalue weighted by atomic mass is 16.6. The summed E-state index contributed by atoms with van der Waals surface area (Å²) in [6.07, 6.45) is 5.55. The lowest BCUT2D eigenvalue weighted by Gasteiger charge is -2.23. The second-order valence-corrected chi connectivity index (χ2v) is 10.8. The van der Waals surface area contributed by atoms with E-state index in [4.69, 9.17) is 4.74 Å². The number of hydrogen-bond acceptors (Lipinski definition) is 5. The Kier molecular flexibility index (Phi) is 7.91. The van der Waals surface area contributed by atoms with Crippen molar-refractivity contribution in [2.45, 2.75) is 71.4 Å². The van der Waals surface area contributed by atoms with Gasteiger partial charge in [-0.2, -0.15) is 0 Å². The molecule has 3 aromatic rings. The fraction of sp³-hybridized carbons (Fsp3) is 0.400. The average molecular weight is 502 g/mol. The molecule has 2 N–H and O–H groups in total. The van der Waals surface area contributed by atoms with Crippen molar-refractivity contribution < 1.29 is 19.1 Å². The van der Waals surface area contributed by atoms with Crippen LogP contribution in [-0.4, -0.2) is 39.3 Å². The summed E-state index contributed by atoms with van der Waals surface area (Å²) in [7, 11) is 0. The third kappa shape index (κ3) is 6.73. The Hall–Kier alpha value is -3.74. The number of carbonyl (C=O) groups excluding carboxylic acids is 3. The van der Waals surface area contributed by atoms with Gasteiger partial charge in [-0.1, -0.05) is 30.3 Å². The second-order valence-electron chi connectivity index (χ2n) is 10.8. The SMILES string of the molecule is C[C@H](NC(=O)OC(C)(C)C)C(=O)CCC1CC(=O)c2c([nH]c(-c3ccncc3)c2Cc2ccccc2)C1. The van der Waals surface area contributed by atoms with Gasteiger partial charge in [-0.3, -0.25) is 14.6 Å². The zero-order valence-electron chi connectivity index (χ0n) is 22.0. The number of ketones is 2. The van der Waals surface area contributed by atoms with Crippen LogP contribution in [0.2, 0.25) is 0 Å². The van der Waals surface area contributed by atoms with Crippen LogP contribution in [0.15, 0.2) is 54.9 Å². The molecule has 0 spiro atoms. The lowest BCUT2D eigenvalue weighted by molar-refractivity contribution is -0.121. The number of carbonyl (C=O) groups is 3. The van der Waals surface area contributed by atoms with Gasteiger partial charge in [0.15, 0.2) is 11.6 Å². The number of hydrogen-bond donors (Lipinski definition) is 2. The van der Waals surface area contributed by atoms with Crippen molar-refractivity contribution in [2.75, 3.05) is 0 Å². The Labute approximate surface area is 218 Å². The molecular weight excluding hydrogens is 466 g/mol.